The Morgan fingerprint density at radius 3 is 2.38 bits per heavy atom. The van der Waals surface area contributed by atoms with E-state index in [9.17, 15) is 0 Å². The standard InChI is InChI=1S/C17H12BrClO2/c18-14-9-11(10-20)5-7-17(14)21-16-8-6-15(19)12-3-1-2-4-13(12)16/h1-9,20H,10H2. The van der Waals surface area contributed by atoms with E-state index in [-0.39, 0.29) is 6.61 Å². The van der Waals surface area contributed by atoms with E-state index >= 15 is 0 Å². The fourth-order valence-corrected chi connectivity index (χ4v) is 2.90. The molecule has 106 valence electrons. The predicted molar refractivity (Wildman–Crippen MR) is 89.1 cm³/mol. The Balaban J connectivity index is 2.04. The second-order valence-electron chi connectivity index (χ2n) is 4.62. The lowest BCUT2D eigenvalue weighted by Crippen LogP contribution is -1.89. The molecular formula is C17H12BrClO2. The number of halogens is 2. The average Bonchev–Trinajstić information content (AvgIpc) is 2.52. The molecule has 0 aliphatic rings. The first-order valence-corrected chi connectivity index (χ1v) is 7.60. The van der Waals surface area contributed by atoms with Gasteiger partial charge >= 0.3 is 0 Å². The van der Waals surface area contributed by atoms with Gasteiger partial charge < -0.3 is 9.84 Å². The number of fused-ring (bicyclic) bond motifs is 1. The van der Waals surface area contributed by atoms with Crippen molar-refractivity contribution in [2.45, 2.75) is 6.61 Å². The van der Waals surface area contributed by atoms with Gasteiger partial charge in [0.05, 0.1) is 11.1 Å². The monoisotopic (exact) mass is 362 g/mol. The van der Waals surface area contributed by atoms with Crippen molar-refractivity contribution in [3.8, 4) is 11.5 Å². The van der Waals surface area contributed by atoms with Crippen molar-refractivity contribution >= 4 is 38.3 Å². The summed E-state index contributed by atoms with van der Waals surface area (Å²) in [4.78, 5) is 0. The van der Waals surface area contributed by atoms with E-state index in [0.717, 1.165) is 26.6 Å². The number of ether oxygens (including phenoxy) is 1. The molecule has 3 rings (SSSR count). The van der Waals surface area contributed by atoms with Crippen molar-refractivity contribution in [2.24, 2.45) is 0 Å². The molecular weight excluding hydrogens is 352 g/mol. The van der Waals surface area contributed by atoms with Gasteiger partial charge in [-0.2, -0.15) is 0 Å². The van der Waals surface area contributed by atoms with Crippen molar-refractivity contribution < 1.29 is 9.84 Å². The molecule has 0 fully saturated rings. The normalized spacial score (nSPS) is 10.8. The van der Waals surface area contributed by atoms with Crippen LogP contribution in [0.3, 0.4) is 0 Å². The van der Waals surface area contributed by atoms with Crippen LogP contribution in [0.25, 0.3) is 10.8 Å². The Hall–Kier alpha value is -1.55. The number of aliphatic hydroxyl groups excluding tert-OH is 1. The van der Waals surface area contributed by atoms with Crippen molar-refractivity contribution in [1.29, 1.82) is 0 Å². The smallest absolute Gasteiger partial charge is 0.141 e. The molecule has 0 bridgehead atoms. The van der Waals surface area contributed by atoms with Gasteiger partial charge in [-0.05, 0) is 45.8 Å². The zero-order valence-electron chi connectivity index (χ0n) is 11.0. The van der Waals surface area contributed by atoms with Gasteiger partial charge in [-0.3, -0.25) is 0 Å². The Bertz CT molecular complexity index is 802. The Labute approximate surface area is 136 Å². The van der Waals surface area contributed by atoms with Crippen LogP contribution in [0.5, 0.6) is 11.5 Å². The first-order chi connectivity index (χ1) is 10.2. The quantitative estimate of drug-likeness (QED) is 0.662. The van der Waals surface area contributed by atoms with Crippen LogP contribution in [0.2, 0.25) is 5.02 Å². The van der Waals surface area contributed by atoms with E-state index in [1.165, 1.54) is 0 Å². The van der Waals surface area contributed by atoms with Gasteiger partial charge in [0.2, 0.25) is 0 Å². The number of hydrogen-bond acceptors (Lipinski definition) is 2. The van der Waals surface area contributed by atoms with Gasteiger partial charge in [0.15, 0.2) is 0 Å². The minimum absolute atomic E-state index is 0.00273. The predicted octanol–water partition coefficient (Wildman–Crippen LogP) is 5.54. The lowest BCUT2D eigenvalue weighted by molar-refractivity contribution is 0.281. The fourth-order valence-electron chi connectivity index (χ4n) is 2.17. The minimum atomic E-state index is 0.00273. The highest BCUT2D eigenvalue weighted by Gasteiger charge is 2.09. The number of benzene rings is 3. The van der Waals surface area contributed by atoms with E-state index in [2.05, 4.69) is 15.9 Å². The van der Waals surface area contributed by atoms with Crippen LogP contribution in [-0.2, 0) is 6.61 Å². The molecule has 0 unspecified atom stereocenters. The molecule has 0 saturated carbocycles. The van der Waals surface area contributed by atoms with Crippen LogP contribution in [0.4, 0.5) is 0 Å². The summed E-state index contributed by atoms with van der Waals surface area (Å²) in [5, 5.41) is 11.8. The topological polar surface area (TPSA) is 29.5 Å². The summed E-state index contributed by atoms with van der Waals surface area (Å²) in [7, 11) is 0. The van der Waals surface area contributed by atoms with E-state index in [1.807, 2.05) is 54.6 Å². The summed E-state index contributed by atoms with van der Waals surface area (Å²) in [5.41, 5.74) is 0.829. The molecule has 0 atom stereocenters. The second kappa shape index (κ2) is 6.06. The fraction of sp³-hybridized carbons (Fsp3) is 0.0588. The maximum atomic E-state index is 9.14. The Morgan fingerprint density at radius 2 is 1.67 bits per heavy atom. The van der Waals surface area contributed by atoms with Gasteiger partial charge in [-0.15, -0.1) is 0 Å². The molecule has 3 aromatic carbocycles. The molecule has 0 heterocycles. The molecule has 0 radical (unpaired) electrons. The molecule has 0 saturated heterocycles. The van der Waals surface area contributed by atoms with Crippen LogP contribution in [-0.4, -0.2) is 5.11 Å². The Kier molecular flexibility index (Phi) is 4.15. The molecule has 4 heteroatoms. The third-order valence-electron chi connectivity index (χ3n) is 3.23. The molecule has 0 aliphatic heterocycles. The average molecular weight is 364 g/mol. The molecule has 0 aliphatic carbocycles. The third kappa shape index (κ3) is 2.91. The maximum Gasteiger partial charge on any atom is 0.141 e. The van der Waals surface area contributed by atoms with E-state index in [4.69, 9.17) is 21.4 Å². The first kappa shape index (κ1) is 14.4. The molecule has 0 spiro atoms. The van der Waals surface area contributed by atoms with Gasteiger partial charge in [-0.25, -0.2) is 0 Å². The maximum absolute atomic E-state index is 9.14. The molecule has 2 nitrogen and oxygen atoms in total. The highest BCUT2D eigenvalue weighted by atomic mass is 79.9. The summed E-state index contributed by atoms with van der Waals surface area (Å²) < 4.78 is 6.79. The zero-order chi connectivity index (χ0) is 14.8. The van der Waals surface area contributed by atoms with Crippen molar-refractivity contribution in [2.75, 3.05) is 0 Å². The van der Waals surface area contributed by atoms with E-state index in [1.54, 1.807) is 0 Å². The van der Waals surface area contributed by atoms with E-state index < -0.39 is 0 Å². The van der Waals surface area contributed by atoms with Gasteiger partial charge in [0, 0.05) is 15.8 Å². The highest BCUT2D eigenvalue weighted by Crippen LogP contribution is 2.36. The lowest BCUT2D eigenvalue weighted by Gasteiger charge is -2.12. The molecule has 3 aromatic rings. The van der Waals surface area contributed by atoms with Gasteiger partial charge in [0.1, 0.15) is 11.5 Å². The molecule has 21 heavy (non-hydrogen) atoms. The highest BCUT2D eigenvalue weighted by molar-refractivity contribution is 9.10. The Morgan fingerprint density at radius 1 is 0.952 bits per heavy atom. The SMILES string of the molecule is OCc1ccc(Oc2ccc(Cl)c3ccccc23)c(Br)c1. The van der Waals surface area contributed by atoms with Crippen LogP contribution in [0.15, 0.2) is 59.1 Å². The van der Waals surface area contributed by atoms with Gasteiger partial charge in [-0.1, -0.05) is 41.9 Å². The summed E-state index contributed by atoms with van der Waals surface area (Å²) in [6, 6.07) is 17.0. The van der Waals surface area contributed by atoms with Crippen molar-refractivity contribution in [3.05, 3.63) is 69.7 Å². The molecule has 0 amide bonds. The second-order valence-corrected chi connectivity index (χ2v) is 5.88. The third-order valence-corrected chi connectivity index (χ3v) is 4.18. The van der Waals surface area contributed by atoms with E-state index in [0.29, 0.717) is 10.8 Å². The summed E-state index contributed by atoms with van der Waals surface area (Å²) in [5.74, 6) is 1.44. The largest absolute Gasteiger partial charge is 0.456 e. The first-order valence-electron chi connectivity index (χ1n) is 6.43. The summed E-state index contributed by atoms with van der Waals surface area (Å²) in [6.07, 6.45) is 0. The van der Waals surface area contributed by atoms with Crippen LogP contribution >= 0.6 is 27.5 Å². The number of aliphatic hydroxyl groups is 1. The van der Waals surface area contributed by atoms with Crippen LogP contribution in [0.1, 0.15) is 5.56 Å². The van der Waals surface area contributed by atoms with Gasteiger partial charge in [0.25, 0.3) is 0 Å². The summed E-state index contributed by atoms with van der Waals surface area (Å²) >= 11 is 9.67. The summed E-state index contributed by atoms with van der Waals surface area (Å²) in [6.45, 7) is 0.00273. The number of rotatable bonds is 3. The molecule has 0 aromatic heterocycles. The van der Waals surface area contributed by atoms with Crippen LogP contribution in [0, 0.1) is 0 Å². The van der Waals surface area contributed by atoms with Crippen molar-refractivity contribution in [3.63, 3.8) is 0 Å². The number of hydrogen-bond donors (Lipinski definition) is 1. The van der Waals surface area contributed by atoms with Crippen LogP contribution < -0.4 is 4.74 Å². The lowest BCUT2D eigenvalue weighted by atomic mass is 10.1. The minimum Gasteiger partial charge on any atom is -0.456 e. The van der Waals surface area contributed by atoms with Crippen molar-refractivity contribution in [1.82, 2.24) is 0 Å². The zero-order valence-corrected chi connectivity index (χ0v) is 13.4. The molecule has 1 N–H and O–H groups in total.